The van der Waals surface area contributed by atoms with Gasteiger partial charge in [0.2, 0.25) is 0 Å². The van der Waals surface area contributed by atoms with Crippen LogP contribution in [-0.4, -0.2) is 21.2 Å². The molecule has 2 aromatic carbocycles. The maximum atomic E-state index is 11.5. The van der Waals surface area contributed by atoms with Crippen molar-refractivity contribution in [1.29, 1.82) is 0 Å². The summed E-state index contributed by atoms with van der Waals surface area (Å²) in [5.74, 6) is -0.320. The van der Waals surface area contributed by atoms with Crippen molar-refractivity contribution in [2.45, 2.75) is 24.6 Å². The van der Waals surface area contributed by atoms with Gasteiger partial charge in [0, 0.05) is 11.6 Å². The molecule has 0 aromatic heterocycles. The summed E-state index contributed by atoms with van der Waals surface area (Å²) < 4.78 is 5.53. The quantitative estimate of drug-likeness (QED) is 0.445. The molecule has 1 atom stereocenters. The first kappa shape index (κ1) is 16.2. The van der Waals surface area contributed by atoms with E-state index in [4.69, 9.17) is 4.74 Å². The molecule has 0 aliphatic heterocycles. The third kappa shape index (κ3) is 4.43. The smallest absolute Gasteiger partial charge is 0.330 e. The largest absolute Gasteiger partial charge is 0.464 e. The van der Waals surface area contributed by atoms with Crippen LogP contribution in [0.2, 0.25) is 0 Å². The summed E-state index contributed by atoms with van der Waals surface area (Å²) in [6, 6.07) is 21.0. The summed E-state index contributed by atoms with van der Waals surface area (Å²) in [6.45, 7) is 5.55. The Balaban J connectivity index is 2.25. The van der Waals surface area contributed by atoms with Crippen LogP contribution in [0.5, 0.6) is 0 Å². The molecule has 0 saturated heterocycles. The minimum Gasteiger partial charge on any atom is -0.464 e. The molecule has 0 aliphatic rings. The minimum absolute atomic E-state index is 0.0240. The van der Waals surface area contributed by atoms with Gasteiger partial charge in [-0.15, -0.1) is 0 Å². The molecule has 0 bridgehead atoms. The van der Waals surface area contributed by atoms with Crippen LogP contribution in [0.4, 0.5) is 0 Å². The van der Waals surface area contributed by atoms with E-state index in [2.05, 4.69) is 62.0 Å². The molecule has 0 fully saturated rings. The second kappa shape index (κ2) is 8.34. The molecule has 0 saturated carbocycles. The van der Waals surface area contributed by atoms with E-state index in [9.17, 15) is 4.79 Å². The molecular formula is C19H22O2Si. The van der Waals surface area contributed by atoms with Gasteiger partial charge in [-0.05, 0) is 17.5 Å². The maximum Gasteiger partial charge on any atom is 0.330 e. The Morgan fingerprint density at radius 2 is 1.59 bits per heavy atom. The third-order valence-corrected chi connectivity index (χ3v) is 6.49. The summed E-state index contributed by atoms with van der Waals surface area (Å²) in [5.41, 5.74) is 2.97. The SMILES string of the molecule is C=CC(=O)OC(CC)[SiH2]C(c1ccccc1)c1ccccc1. The lowest BCUT2D eigenvalue weighted by molar-refractivity contribution is -0.139. The molecule has 114 valence electrons. The summed E-state index contributed by atoms with van der Waals surface area (Å²) >= 11 is 0. The molecule has 2 aromatic rings. The topological polar surface area (TPSA) is 26.3 Å². The summed E-state index contributed by atoms with van der Waals surface area (Å²) in [5, 5.41) is 0. The first-order chi connectivity index (χ1) is 10.7. The van der Waals surface area contributed by atoms with Gasteiger partial charge in [-0.25, -0.2) is 4.79 Å². The monoisotopic (exact) mass is 310 g/mol. The first-order valence-electron chi connectivity index (χ1n) is 7.67. The fourth-order valence-electron chi connectivity index (χ4n) is 2.61. The van der Waals surface area contributed by atoms with Gasteiger partial charge in [0.25, 0.3) is 0 Å². The molecule has 3 heteroatoms. The number of hydrogen-bond acceptors (Lipinski definition) is 2. The normalized spacial score (nSPS) is 12.5. The highest BCUT2D eigenvalue weighted by Gasteiger charge is 2.21. The first-order valence-corrected chi connectivity index (χ1v) is 9.30. The zero-order valence-corrected chi connectivity index (χ0v) is 14.4. The number of benzene rings is 2. The fraction of sp³-hybridized carbons (Fsp3) is 0.211. The van der Waals surface area contributed by atoms with Crippen molar-refractivity contribution < 1.29 is 9.53 Å². The van der Waals surface area contributed by atoms with Crippen LogP contribution < -0.4 is 0 Å². The van der Waals surface area contributed by atoms with Crippen LogP contribution in [0.15, 0.2) is 73.3 Å². The predicted octanol–water partition coefficient (Wildman–Crippen LogP) is 3.41. The van der Waals surface area contributed by atoms with Crippen LogP contribution in [-0.2, 0) is 9.53 Å². The van der Waals surface area contributed by atoms with Gasteiger partial charge in [-0.2, -0.15) is 0 Å². The molecule has 1 unspecified atom stereocenters. The third-order valence-electron chi connectivity index (χ3n) is 3.81. The van der Waals surface area contributed by atoms with Gasteiger partial charge in [0.05, 0.1) is 15.2 Å². The summed E-state index contributed by atoms with van der Waals surface area (Å²) in [4.78, 5) is 11.5. The molecule has 0 heterocycles. The Hall–Kier alpha value is -2.13. The van der Waals surface area contributed by atoms with Crippen LogP contribution in [0.3, 0.4) is 0 Å². The average Bonchev–Trinajstić information content (AvgIpc) is 2.59. The Bertz CT molecular complexity index is 556. The van der Waals surface area contributed by atoms with E-state index >= 15 is 0 Å². The van der Waals surface area contributed by atoms with Gasteiger partial charge >= 0.3 is 5.97 Å². The predicted molar refractivity (Wildman–Crippen MR) is 93.6 cm³/mol. The van der Waals surface area contributed by atoms with Crippen molar-refractivity contribution in [3.63, 3.8) is 0 Å². The van der Waals surface area contributed by atoms with Crippen molar-refractivity contribution in [2.24, 2.45) is 0 Å². The van der Waals surface area contributed by atoms with Crippen molar-refractivity contribution in [3.8, 4) is 0 Å². The fourth-order valence-corrected chi connectivity index (χ4v) is 4.82. The van der Waals surface area contributed by atoms with Crippen molar-refractivity contribution in [3.05, 3.63) is 84.4 Å². The van der Waals surface area contributed by atoms with E-state index in [0.717, 1.165) is 6.42 Å². The molecule has 0 radical (unpaired) electrons. The zero-order valence-electron chi connectivity index (χ0n) is 12.9. The standard InChI is InChI=1S/C19H22O2Si/c1-3-17(20)21-18(4-2)22-19(15-11-7-5-8-12-15)16-13-9-6-10-14-16/h3,5-14,18-19H,1,4,22H2,2H3. The molecule has 0 amide bonds. The molecule has 2 rings (SSSR count). The molecular weight excluding hydrogens is 288 g/mol. The van der Waals surface area contributed by atoms with Crippen LogP contribution in [0, 0.1) is 0 Å². The molecule has 0 spiro atoms. The Kier molecular flexibility index (Phi) is 6.16. The van der Waals surface area contributed by atoms with Gasteiger partial charge < -0.3 is 4.74 Å². The lowest BCUT2D eigenvalue weighted by Crippen LogP contribution is -2.28. The van der Waals surface area contributed by atoms with E-state index in [0.29, 0.717) is 5.54 Å². The lowest BCUT2D eigenvalue weighted by Gasteiger charge is -2.23. The van der Waals surface area contributed by atoms with Crippen molar-refractivity contribution >= 4 is 15.5 Å². The second-order valence-corrected chi connectivity index (χ2v) is 7.48. The van der Waals surface area contributed by atoms with Crippen molar-refractivity contribution in [2.75, 3.05) is 0 Å². The van der Waals surface area contributed by atoms with Gasteiger partial charge in [0.15, 0.2) is 0 Å². The molecule has 22 heavy (non-hydrogen) atoms. The van der Waals surface area contributed by atoms with Crippen LogP contribution in [0.1, 0.15) is 30.0 Å². The van der Waals surface area contributed by atoms with E-state index in [-0.39, 0.29) is 11.7 Å². The number of hydrogen-bond donors (Lipinski definition) is 0. The highest BCUT2D eigenvalue weighted by molar-refractivity contribution is 6.41. The molecule has 0 aliphatic carbocycles. The minimum atomic E-state index is -0.700. The average molecular weight is 310 g/mol. The van der Waals surface area contributed by atoms with Gasteiger partial charge in [-0.1, -0.05) is 74.2 Å². The van der Waals surface area contributed by atoms with E-state index in [1.165, 1.54) is 17.2 Å². The van der Waals surface area contributed by atoms with Gasteiger partial charge in [0.1, 0.15) is 0 Å². The Morgan fingerprint density at radius 3 is 2.00 bits per heavy atom. The van der Waals surface area contributed by atoms with Crippen LogP contribution in [0.25, 0.3) is 0 Å². The number of rotatable bonds is 7. The van der Waals surface area contributed by atoms with E-state index in [1.807, 2.05) is 12.1 Å². The second-order valence-electron chi connectivity index (χ2n) is 5.28. The molecule has 0 N–H and O–H groups in total. The van der Waals surface area contributed by atoms with Gasteiger partial charge in [-0.3, -0.25) is 0 Å². The van der Waals surface area contributed by atoms with E-state index < -0.39 is 9.52 Å². The zero-order chi connectivity index (χ0) is 15.8. The molecule has 2 nitrogen and oxygen atoms in total. The Labute approximate surface area is 134 Å². The lowest BCUT2D eigenvalue weighted by atomic mass is 10.0. The summed E-state index contributed by atoms with van der Waals surface area (Å²) in [6.07, 6.45) is 2.10. The number of esters is 1. The Morgan fingerprint density at radius 1 is 1.09 bits per heavy atom. The van der Waals surface area contributed by atoms with E-state index in [1.54, 1.807) is 0 Å². The highest BCUT2D eigenvalue weighted by atomic mass is 28.2. The summed E-state index contributed by atoms with van der Waals surface area (Å²) in [7, 11) is -0.700. The number of carbonyl (C=O) groups excluding carboxylic acids is 1. The maximum absolute atomic E-state index is 11.5. The van der Waals surface area contributed by atoms with Crippen LogP contribution >= 0.6 is 0 Å². The van der Waals surface area contributed by atoms with Crippen molar-refractivity contribution in [1.82, 2.24) is 0 Å². The number of ether oxygens (including phenoxy) is 1. The highest BCUT2D eigenvalue weighted by Crippen LogP contribution is 2.25. The number of carbonyl (C=O) groups is 1.